The van der Waals surface area contributed by atoms with E-state index >= 15 is 0 Å². The topological polar surface area (TPSA) is 44.8 Å². The van der Waals surface area contributed by atoms with E-state index in [4.69, 9.17) is 9.47 Å². The van der Waals surface area contributed by atoms with Crippen molar-refractivity contribution in [1.29, 1.82) is 0 Å². The zero-order valence-electron chi connectivity index (χ0n) is 13.4. The van der Waals surface area contributed by atoms with Crippen LogP contribution in [-0.4, -0.2) is 13.3 Å². The van der Waals surface area contributed by atoms with Crippen LogP contribution in [0.15, 0.2) is 36.4 Å². The van der Waals surface area contributed by atoms with Crippen LogP contribution in [0.3, 0.4) is 0 Å². The fraction of sp³-hybridized carbons (Fsp3) is 0.278. The van der Waals surface area contributed by atoms with Crippen molar-refractivity contribution in [2.24, 2.45) is 0 Å². The highest BCUT2D eigenvalue weighted by molar-refractivity contribution is 5.64. The second-order valence-corrected chi connectivity index (χ2v) is 5.00. The fourth-order valence-corrected chi connectivity index (χ4v) is 2.15. The number of methoxy groups -OCH3 is 1. The van der Waals surface area contributed by atoms with Crippen LogP contribution in [0.4, 0.5) is 9.18 Å². The van der Waals surface area contributed by atoms with Gasteiger partial charge in [-0.05, 0) is 36.6 Å². The van der Waals surface area contributed by atoms with Crippen LogP contribution in [0.25, 0.3) is 0 Å². The van der Waals surface area contributed by atoms with E-state index in [1.807, 2.05) is 13.0 Å². The molecule has 0 saturated carbocycles. The van der Waals surface area contributed by atoms with Gasteiger partial charge >= 0.3 is 6.16 Å². The molecule has 0 unspecified atom stereocenters. The van der Waals surface area contributed by atoms with Gasteiger partial charge in [0.25, 0.3) is 0 Å². The standard InChI is InChI=1S/C18H19FO4/c1-4-13-6-5-7-17(23-18(20)21-3)15(13)11-22-14-9-8-12(2)16(19)10-14/h5-10H,4,11H2,1-3H3. The summed E-state index contributed by atoms with van der Waals surface area (Å²) in [7, 11) is 1.25. The first kappa shape index (κ1) is 16.8. The highest BCUT2D eigenvalue weighted by atomic mass is 19.1. The molecule has 0 bridgehead atoms. The lowest BCUT2D eigenvalue weighted by Crippen LogP contribution is -2.11. The first-order chi connectivity index (χ1) is 11.0. The number of rotatable bonds is 5. The molecule has 2 aromatic carbocycles. The minimum atomic E-state index is -0.791. The summed E-state index contributed by atoms with van der Waals surface area (Å²) < 4.78 is 28.9. The molecule has 0 atom stereocenters. The molecule has 122 valence electrons. The molecule has 0 aliphatic rings. The van der Waals surface area contributed by atoms with Crippen molar-refractivity contribution in [3.05, 3.63) is 58.9 Å². The van der Waals surface area contributed by atoms with Crippen LogP contribution in [-0.2, 0) is 17.8 Å². The van der Waals surface area contributed by atoms with E-state index < -0.39 is 6.16 Å². The Balaban J connectivity index is 2.22. The molecular formula is C18H19FO4. The zero-order chi connectivity index (χ0) is 16.8. The van der Waals surface area contributed by atoms with Crippen LogP contribution in [0.1, 0.15) is 23.6 Å². The maximum Gasteiger partial charge on any atom is 0.513 e. The second-order valence-electron chi connectivity index (χ2n) is 5.00. The zero-order valence-corrected chi connectivity index (χ0v) is 13.4. The molecule has 2 aromatic rings. The Morgan fingerprint density at radius 3 is 2.65 bits per heavy atom. The predicted octanol–water partition coefficient (Wildman–Crippen LogP) is 4.42. The van der Waals surface area contributed by atoms with Gasteiger partial charge in [0.2, 0.25) is 0 Å². The third-order valence-electron chi connectivity index (χ3n) is 3.50. The van der Waals surface area contributed by atoms with Crippen molar-refractivity contribution in [3.63, 3.8) is 0 Å². The summed E-state index contributed by atoms with van der Waals surface area (Å²) in [4.78, 5) is 11.4. The van der Waals surface area contributed by atoms with Gasteiger partial charge in [-0.2, -0.15) is 0 Å². The van der Waals surface area contributed by atoms with Crippen molar-refractivity contribution < 1.29 is 23.4 Å². The normalized spacial score (nSPS) is 10.3. The number of ether oxygens (including phenoxy) is 3. The number of halogens is 1. The molecule has 0 radical (unpaired) electrons. The highest BCUT2D eigenvalue weighted by Gasteiger charge is 2.13. The fourth-order valence-electron chi connectivity index (χ4n) is 2.15. The van der Waals surface area contributed by atoms with Gasteiger partial charge in [0.15, 0.2) is 0 Å². The molecule has 0 saturated heterocycles. The van der Waals surface area contributed by atoms with Gasteiger partial charge in [-0.25, -0.2) is 9.18 Å². The first-order valence-electron chi connectivity index (χ1n) is 7.30. The smallest absolute Gasteiger partial charge is 0.489 e. The summed E-state index contributed by atoms with van der Waals surface area (Å²) in [5, 5.41) is 0. The van der Waals surface area contributed by atoms with Crippen molar-refractivity contribution in [2.45, 2.75) is 26.9 Å². The van der Waals surface area contributed by atoms with Crippen LogP contribution in [0.5, 0.6) is 11.5 Å². The molecule has 0 amide bonds. The Kier molecular flexibility index (Phi) is 5.57. The van der Waals surface area contributed by atoms with E-state index in [-0.39, 0.29) is 12.4 Å². The molecule has 0 spiro atoms. The van der Waals surface area contributed by atoms with Crippen LogP contribution < -0.4 is 9.47 Å². The maximum atomic E-state index is 13.6. The van der Waals surface area contributed by atoms with E-state index in [0.717, 1.165) is 17.5 Å². The largest absolute Gasteiger partial charge is 0.513 e. The van der Waals surface area contributed by atoms with E-state index in [9.17, 15) is 9.18 Å². The second kappa shape index (κ2) is 7.63. The summed E-state index contributed by atoms with van der Waals surface area (Å²) in [6, 6.07) is 10.1. The van der Waals surface area contributed by atoms with E-state index in [0.29, 0.717) is 17.1 Å². The molecule has 0 fully saturated rings. The molecule has 5 heteroatoms. The number of carbonyl (C=O) groups is 1. The number of benzene rings is 2. The summed E-state index contributed by atoms with van der Waals surface area (Å²) in [5.74, 6) is 0.476. The van der Waals surface area contributed by atoms with Gasteiger partial charge in [0, 0.05) is 11.6 Å². The lowest BCUT2D eigenvalue weighted by Gasteiger charge is -2.14. The van der Waals surface area contributed by atoms with Crippen molar-refractivity contribution in [2.75, 3.05) is 7.11 Å². The Hall–Kier alpha value is -2.56. The van der Waals surface area contributed by atoms with Crippen LogP contribution in [0, 0.1) is 12.7 Å². The number of hydrogen-bond donors (Lipinski definition) is 0. The molecule has 0 aliphatic carbocycles. The van der Waals surface area contributed by atoms with Gasteiger partial charge in [0.05, 0.1) is 7.11 Å². The van der Waals surface area contributed by atoms with E-state index in [1.54, 1.807) is 31.2 Å². The molecule has 0 N–H and O–H groups in total. The van der Waals surface area contributed by atoms with Gasteiger partial charge in [-0.15, -0.1) is 0 Å². The average molecular weight is 318 g/mol. The highest BCUT2D eigenvalue weighted by Crippen LogP contribution is 2.26. The number of aryl methyl sites for hydroxylation is 2. The summed E-state index contributed by atoms with van der Waals surface area (Å²) in [6.45, 7) is 3.85. The minimum Gasteiger partial charge on any atom is -0.489 e. The van der Waals surface area contributed by atoms with Gasteiger partial charge in [-0.1, -0.05) is 25.1 Å². The first-order valence-corrected chi connectivity index (χ1v) is 7.30. The molecule has 23 heavy (non-hydrogen) atoms. The Morgan fingerprint density at radius 2 is 2.00 bits per heavy atom. The van der Waals surface area contributed by atoms with Gasteiger partial charge in [0.1, 0.15) is 23.9 Å². The van der Waals surface area contributed by atoms with E-state index in [1.165, 1.54) is 13.2 Å². The molecular weight excluding hydrogens is 299 g/mol. The van der Waals surface area contributed by atoms with Gasteiger partial charge in [-0.3, -0.25) is 0 Å². The lowest BCUT2D eigenvalue weighted by atomic mass is 10.0. The molecule has 4 nitrogen and oxygen atoms in total. The lowest BCUT2D eigenvalue weighted by molar-refractivity contribution is 0.120. The Morgan fingerprint density at radius 1 is 1.22 bits per heavy atom. The molecule has 0 aromatic heterocycles. The number of hydrogen-bond acceptors (Lipinski definition) is 4. The maximum absolute atomic E-state index is 13.6. The van der Waals surface area contributed by atoms with Gasteiger partial charge < -0.3 is 14.2 Å². The quantitative estimate of drug-likeness (QED) is 0.604. The molecule has 0 aliphatic heterocycles. The summed E-state index contributed by atoms with van der Waals surface area (Å²) in [5.41, 5.74) is 2.28. The third kappa shape index (κ3) is 4.22. The summed E-state index contributed by atoms with van der Waals surface area (Å²) in [6.07, 6.45) is -0.0415. The summed E-state index contributed by atoms with van der Waals surface area (Å²) >= 11 is 0. The Labute approximate surface area is 134 Å². The minimum absolute atomic E-state index is 0.166. The number of carbonyl (C=O) groups excluding carboxylic acids is 1. The van der Waals surface area contributed by atoms with Crippen LogP contribution in [0.2, 0.25) is 0 Å². The monoisotopic (exact) mass is 318 g/mol. The molecule has 0 heterocycles. The Bertz CT molecular complexity index is 697. The predicted molar refractivity (Wildman–Crippen MR) is 84.3 cm³/mol. The SMILES string of the molecule is CCc1cccc(OC(=O)OC)c1COc1ccc(C)c(F)c1. The van der Waals surface area contributed by atoms with Crippen molar-refractivity contribution in [3.8, 4) is 11.5 Å². The van der Waals surface area contributed by atoms with Crippen molar-refractivity contribution in [1.82, 2.24) is 0 Å². The molecule has 2 rings (SSSR count). The van der Waals surface area contributed by atoms with Crippen LogP contribution >= 0.6 is 0 Å². The van der Waals surface area contributed by atoms with Crippen molar-refractivity contribution >= 4 is 6.16 Å². The third-order valence-corrected chi connectivity index (χ3v) is 3.50. The average Bonchev–Trinajstić information content (AvgIpc) is 2.56. The van der Waals surface area contributed by atoms with E-state index in [2.05, 4.69) is 4.74 Å².